The summed E-state index contributed by atoms with van der Waals surface area (Å²) in [5, 5.41) is 13.6. The molecule has 1 aromatic heterocycles. The predicted octanol–water partition coefficient (Wildman–Crippen LogP) is 0.489. The molecule has 0 radical (unpaired) electrons. The Balaban J connectivity index is 1.76. The van der Waals surface area contributed by atoms with E-state index in [-0.39, 0.29) is 11.7 Å². The Morgan fingerprint density at radius 1 is 1.35 bits per heavy atom. The summed E-state index contributed by atoms with van der Waals surface area (Å²) >= 11 is 0. The number of rotatable bonds is 3. The quantitative estimate of drug-likeness (QED) is 0.875. The van der Waals surface area contributed by atoms with Gasteiger partial charge < -0.3 is 14.8 Å². The average molecular weight is 273 g/mol. The minimum Gasteiger partial charge on any atom is -0.494 e. The number of hydrogen-bond acceptors (Lipinski definition) is 6. The van der Waals surface area contributed by atoms with Crippen LogP contribution in [0.4, 0.5) is 5.69 Å². The summed E-state index contributed by atoms with van der Waals surface area (Å²) < 4.78 is 11.7. The van der Waals surface area contributed by atoms with E-state index < -0.39 is 0 Å². The number of carbonyl (C=O) groups excluding carboxylic acids is 1. The number of benzene rings is 1. The summed E-state index contributed by atoms with van der Waals surface area (Å²) in [6, 6.07) is 7.12. The van der Waals surface area contributed by atoms with Crippen LogP contribution < -0.4 is 5.32 Å². The standard InChI is InChI=1S/C12H11N5O3/c18-12(11-7-19-4-5-20-11)14-9-2-1-3-10(6-9)17-8-13-15-16-17/h1-3,6-8H,4-5H2,(H,14,18). The second kappa shape index (κ2) is 5.39. The van der Waals surface area contributed by atoms with Gasteiger partial charge in [0.05, 0.1) is 5.69 Å². The van der Waals surface area contributed by atoms with Crippen molar-refractivity contribution < 1.29 is 14.3 Å². The molecule has 20 heavy (non-hydrogen) atoms. The summed E-state index contributed by atoms with van der Waals surface area (Å²) in [4.78, 5) is 11.9. The van der Waals surface area contributed by atoms with Crippen LogP contribution in [0.15, 0.2) is 42.6 Å². The summed E-state index contributed by atoms with van der Waals surface area (Å²) in [5.74, 6) is -0.206. The normalized spacial score (nSPS) is 13.9. The van der Waals surface area contributed by atoms with Crippen molar-refractivity contribution in [2.24, 2.45) is 0 Å². The van der Waals surface area contributed by atoms with Crippen LogP contribution in [0, 0.1) is 0 Å². The third-order valence-corrected chi connectivity index (χ3v) is 2.59. The van der Waals surface area contributed by atoms with Crippen LogP contribution in [-0.2, 0) is 14.3 Å². The van der Waals surface area contributed by atoms with Gasteiger partial charge in [-0.2, -0.15) is 0 Å². The highest BCUT2D eigenvalue weighted by molar-refractivity contribution is 6.02. The lowest BCUT2D eigenvalue weighted by Gasteiger charge is -2.15. The maximum absolute atomic E-state index is 11.9. The maximum Gasteiger partial charge on any atom is 0.294 e. The van der Waals surface area contributed by atoms with E-state index in [1.807, 2.05) is 6.07 Å². The van der Waals surface area contributed by atoms with Gasteiger partial charge >= 0.3 is 0 Å². The van der Waals surface area contributed by atoms with Crippen LogP contribution in [-0.4, -0.2) is 39.3 Å². The summed E-state index contributed by atoms with van der Waals surface area (Å²) in [6.07, 6.45) is 2.78. The van der Waals surface area contributed by atoms with E-state index in [9.17, 15) is 4.79 Å². The molecule has 0 spiro atoms. The van der Waals surface area contributed by atoms with Crippen LogP contribution in [0.25, 0.3) is 5.69 Å². The molecule has 0 fully saturated rings. The van der Waals surface area contributed by atoms with E-state index in [1.165, 1.54) is 17.3 Å². The van der Waals surface area contributed by atoms with Gasteiger partial charge in [-0.05, 0) is 28.6 Å². The van der Waals surface area contributed by atoms with E-state index in [1.54, 1.807) is 18.2 Å². The first-order valence-electron chi connectivity index (χ1n) is 5.92. The fourth-order valence-electron chi connectivity index (χ4n) is 1.69. The van der Waals surface area contributed by atoms with Crippen LogP contribution in [0.3, 0.4) is 0 Å². The predicted molar refractivity (Wildman–Crippen MR) is 67.8 cm³/mol. The molecule has 0 saturated carbocycles. The van der Waals surface area contributed by atoms with Gasteiger partial charge in [-0.15, -0.1) is 5.10 Å². The molecule has 1 N–H and O–H groups in total. The number of ether oxygens (including phenoxy) is 2. The highest BCUT2D eigenvalue weighted by Gasteiger charge is 2.15. The van der Waals surface area contributed by atoms with Gasteiger partial charge in [-0.3, -0.25) is 4.79 Å². The van der Waals surface area contributed by atoms with Gasteiger partial charge in [0.2, 0.25) is 5.76 Å². The number of nitrogens with one attached hydrogen (secondary N) is 1. The third kappa shape index (κ3) is 2.58. The molecule has 0 atom stereocenters. The summed E-state index contributed by atoms with van der Waals surface area (Å²) in [5.41, 5.74) is 1.35. The van der Waals surface area contributed by atoms with Gasteiger partial charge in [0.1, 0.15) is 25.8 Å². The van der Waals surface area contributed by atoms with Crippen molar-refractivity contribution in [3.63, 3.8) is 0 Å². The third-order valence-electron chi connectivity index (χ3n) is 2.59. The zero-order chi connectivity index (χ0) is 13.8. The van der Waals surface area contributed by atoms with Crippen molar-refractivity contribution in [3.8, 4) is 5.69 Å². The highest BCUT2D eigenvalue weighted by atomic mass is 16.6. The van der Waals surface area contributed by atoms with Crippen LogP contribution in [0.2, 0.25) is 0 Å². The molecule has 0 unspecified atom stereocenters. The smallest absolute Gasteiger partial charge is 0.294 e. The molecule has 1 aromatic carbocycles. The molecule has 1 aliphatic heterocycles. The Morgan fingerprint density at radius 2 is 2.30 bits per heavy atom. The van der Waals surface area contributed by atoms with E-state index in [0.717, 1.165) is 5.69 Å². The van der Waals surface area contributed by atoms with Crippen molar-refractivity contribution in [3.05, 3.63) is 42.6 Å². The molecule has 8 nitrogen and oxygen atoms in total. The number of amides is 1. The monoisotopic (exact) mass is 273 g/mol. The lowest BCUT2D eigenvalue weighted by atomic mass is 10.2. The zero-order valence-electron chi connectivity index (χ0n) is 10.4. The lowest BCUT2D eigenvalue weighted by molar-refractivity contribution is -0.117. The van der Waals surface area contributed by atoms with Crippen molar-refractivity contribution in [1.29, 1.82) is 0 Å². The Bertz CT molecular complexity index is 638. The van der Waals surface area contributed by atoms with E-state index in [2.05, 4.69) is 20.8 Å². The summed E-state index contributed by atoms with van der Waals surface area (Å²) in [7, 11) is 0. The molecular formula is C12H11N5O3. The van der Waals surface area contributed by atoms with Gasteiger partial charge in [-0.1, -0.05) is 6.07 Å². The number of aromatic nitrogens is 4. The number of hydrogen-bond donors (Lipinski definition) is 1. The van der Waals surface area contributed by atoms with Gasteiger partial charge in [0.15, 0.2) is 0 Å². The number of nitrogens with zero attached hydrogens (tertiary/aromatic N) is 4. The molecule has 2 aromatic rings. The minimum atomic E-state index is -0.362. The maximum atomic E-state index is 11.9. The van der Waals surface area contributed by atoms with E-state index >= 15 is 0 Å². The number of anilines is 1. The molecule has 102 valence electrons. The Hall–Kier alpha value is -2.90. The first kappa shape index (κ1) is 12.2. The van der Waals surface area contributed by atoms with Gasteiger partial charge in [0.25, 0.3) is 5.91 Å². The largest absolute Gasteiger partial charge is 0.494 e. The fraction of sp³-hybridized carbons (Fsp3) is 0.167. The van der Waals surface area contributed by atoms with E-state index in [0.29, 0.717) is 18.9 Å². The number of tetrazole rings is 1. The first-order valence-corrected chi connectivity index (χ1v) is 5.92. The van der Waals surface area contributed by atoms with Gasteiger partial charge in [-0.25, -0.2) is 4.68 Å². The lowest BCUT2D eigenvalue weighted by Crippen LogP contribution is -2.21. The Kier molecular flexibility index (Phi) is 3.27. The van der Waals surface area contributed by atoms with Gasteiger partial charge in [0, 0.05) is 5.69 Å². The summed E-state index contributed by atoms with van der Waals surface area (Å²) in [6.45, 7) is 0.815. The molecule has 2 heterocycles. The Morgan fingerprint density at radius 3 is 3.05 bits per heavy atom. The van der Waals surface area contributed by atoms with Crippen LogP contribution >= 0.6 is 0 Å². The fourth-order valence-corrected chi connectivity index (χ4v) is 1.69. The molecule has 3 rings (SSSR count). The van der Waals surface area contributed by atoms with Crippen molar-refractivity contribution in [2.45, 2.75) is 0 Å². The molecule has 0 bridgehead atoms. The van der Waals surface area contributed by atoms with Crippen LogP contribution in [0.5, 0.6) is 0 Å². The minimum absolute atomic E-state index is 0.157. The zero-order valence-corrected chi connectivity index (χ0v) is 10.4. The molecule has 0 aliphatic carbocycles. The molecular weight excluding hydrogens is 262 g/mol. The van der Waals surface area contributed by atoms with Crippen LogP contribution in [0.1, 0.15) is 0 Å². The topological polar surface area (TPSA) is 91.2 Å². The second-order valence-electron chi connectivity index (χ2n) is 3.96. The van der Waals surface area contributed by atoms with Crippen molar-refractivity contribution >= 4 is 11.6 Å². The van der Waals surface area contributed by atoms with Crippen molar-refractivity contribution in [2.75, 3.05) is 18.5 Å². The molecule has 8 heteroatoms. The van der Waals surface area contributed by atoms with E-state index in [4.69, 9.17) is 9.47 Å². The number of carbonyl (C=O) groups is 1. The molecule has 1 aliphatic rings. The Labute approximate surface area is 114 Å². The van der Waals surface area contributed by atoms with Crippen molar-refractivity contribution in [1.82, 2.24) is 20.2 Å². The first-order chi connectivity index (χ1) is 9.83. The molecule has 1 amide bonds. The molecule has 0 saturated heterocycles. The SMILES string of the molecule is O=C(Nc1cccc(-n2cnnn2)c1)C1=COCCO1. The highest BCUT2D eigenvalue weighted by Crippen LogP contribution is 2.15. The average Bonchev–Trinajstić information content (AvgIpc) is 3.03. The second-order valence-corrected chi connectivity index (χ2v) is 3.96.